The zero-order valence-corrected chi connectivity index (χ0v) is 15.1. The van der Waals surface area contributed by atoms with E-state index in [0.717, 1.165) is 34.4 Å². The van der Waals surface area contributed by atoms with Crippen LogP contribution in [0.25, 0.3) is 11.1 Å². The monoisotopic (exact) mass is 325 g/mol. The third-order valence-electron chi connectivity index (χ3n) is 5.02. The lowest BCUT2D eigenvalue weighted by Gasteiger charge is -2.35. The summed E-state index contributed by atoms with van der Waals surface area (Å²) in [5, 5.41) is 10.7. The molecule has 0 amide bonds. The van der Waals surface area contributed by atoms with Crippen molar-refractivity contribution in [2.24, 2.45) is 0 Å². The van der Waals surface area contributed by atoms with Gasteiger partial charge in [0.2, 0.25) is 0 Å². The van der Waals surface area contributed by atoms with Gasteiger partial charge in [-0.2, -0.15) is 0 Å². The van der Waals surface area contributed by atoms with Crippen molar-refractivity contribution in [2.75, 3.05) is 0 Å². The Morgan fingerprint density at radius 3 is 2.79 bits per heavy atom. The van der Waals surface area contributed by atoms with E-state index < -0.39 is 5.60 Å². The van der Waals surface area contributed by atoms with E-state index in [0.29, 0.717) is 5.92 Å². The van der Waals surface area contributed by atoms with Crippen molar-refractivity contribution >= 4 is 0 Å². The van der Waals surface area contributed by atoms with Gasteiger partial charge >= 0.3 is 0 Å². The number of unbranched alkanes of at least 4 members (excludes halogenated alkanes) is 2. The molecule has 0 saturated heterocycles. The maximum Gasteiger partial charge on any atom is 0.132 e. The Hall–Kier alpha value is -2.03. The molecule has 128 valence electrons. The maximum atomic E-state index is 10.7. The van der Waals surface area contributed by atoms with Crippen LogP contribution in [0.1, 0.15) is 70.4 Å². The Labute approximate surface area is 144 Å². The minimum Gasteiger partial charge on any atom is -0.507 e. The highest BCUT2D eigenvalue weighted by Gasteiger charge is 2.34. The third-order valence-corrected chi connectivity index (χ3v) is 5.02. The minimum atomic E-state index is -0.429. The summed E-state index contributed by atoms with van der Waals surface area (Å²) in [7, 11) is 0. The number of benzene rings is 1. The molecule has 0 spiro atoms. The number of fused-ring (bicyclic) bond motifs is 3. The van der Waals surface area contributed by atoms with Gasteiger partial charge < -0.3 is 9.84 Å². The average Bonchev–Trinajstić information content (AvgIpc) is 2.54. The molecule has 0 saturated carbocycles. The van der Waals surface area contributed by atoms with Gasteiger partial charge in [0, 0.05) is 23.5 Å². The second kappa shape index (κ2) is 6.46. The Morgan fingerprint density at radius 2 is 2.04 bits per heavy atom. The van der Waals surface area contributed by atoms with E-state index in [1.807, 2.05) is 18.3 Å². The van der Waals surface area contributed by atoms with Gasteiger partial charge in [-0.3, -0.25) is 4.98 Å². The Bertz CT molecular complexity index is 737. The molecule has 1 N–H and O–H groups in total. The molecular formula is C21H27NO2. The van der Waals surface area contributed by atoms with Crippen molar-refractivity contribution in [2.45, 2.75) is 64.9 Å². The summed E-state index contributed by atoms with van der Waals surface area (Å²) in [4.78, 5) is 4.24. The molecular weight excluding hydrogens is 298 g/mol. The van der Waals surface area contributed by atoms with Crippen LogP contribution < -0.4 is 4.74 Å². The van der Waals surface area contributed by atoms with Crippen LogP contribution in [0, 0.1) is 0 Å². The molecule has 0 aliphatic carbocycles. The normalized spacial score (nSPS) is 16.0. The van der Waals surface area contributed by atoms with Gasteiger partial charge in [-0.05, 0) is 49.9 Å². The minimum absolute atomic E-state index is 0.287. The first-order chi connectivity index (χ1) is 11.4. The molecule has 1 unspecified atom stereocenters. The van der Waals surface area contributed by atoms with Crippen LogP contribution in [0.4, 0.5) is 0 Å². The predicted octanol–water partition coefficient (Wildman–Crippen LogP) is 5.77. The van der Waals surface area contributed by atoms with Crippen LogP contribution in [0.3, 0.4) is 0 Å². The molecule has 0 bridgehead atoms. The first-order valence-electron chi connectivity index (χ1n) is 8.95. The van der Waals surface area contributed by atoms with Crippen LogP contribution in [0.2, 0.25) is 0 Å². The molecule has 1 aliphatic rings. The summed E-state index contributed by atoms with van der Waals surface area (Å²) in [6, 6.07) is 5.97. The molecule has 24 heavy (non-hydrogen) atoms. The van der Waals surface area contributed by atoms with E-state index in [9.17, 15) is 5.11 Å². The Kier molecular flexibility index (Phi) is 4.53. The number of pyridine rings is 1. The summed E-state index contributed by atoms with van der Waals surface area (Å²) in [6.45, 7) is 8.56. The summed E-state index contributed by atoms with van der Waals surface area (Å²) in [5.41, 5.74) is 3.50. The Balaban J connectivity index is 2.01. The van der Waals surface area contributed by atoms with Crippen molar-refractivity contribution < 1.29 is 9.84 Å². The quantitative estimate of drug-likeness (QED) is 0.710. The number of aromatic hydroxyl groups is 1. The van der Waals surface area contributed by atoms with Crippen LogP contribution >= 0.6 is 0 Å². The number of hydrogen-bond acceptors (Lipinski definition) is 3. The number of phenolic OH excluding ortho intramolecular Hbond substituents is 1. The summed E-state index contributed by atoms with van der Waals surface area (Å²) in [5.74, 6) is 1.46. The second-order valence-corrected chi connectivity index (χ2v) is 7.34. The van der Waals surface area contributed by atoms with Gasteiger partial charge in [0.25, 0.3) is 0 Å². The van der Waals surface area contributed by atoms with Crippen LogP contribution in [-0.4, -0.2) is 10.1 Å². The van der Waals surface area contributed by atoms with Crippen LogP contribution in [0.5, 0.6) is 11.5 Å². The zero-order valence-electron chi connectivity index (χ0n) is 15.1. The van der Waals surface area contributed by atoms with Gasteiger partial charge in [0.05, 0.1) is 5.56 Å². The average molecular weight is 325 g/mol. The fourth-order valence-electron chi connectivity index (χ4n) is 3.57. The van der Waals surface area contributed by atoms with Crippen molar-refractivity contribution in [3.05, 3.63) is 41.7 Å². The van der Waals surface area contributed by atoms with Crippen molar-refractivity contribution in [1.29, 1.82) is 0 Å². The molecule has 1 aromatic heterocycles. The molecule has 1 aliphatic heterocycles. The fraction of sp³-hybridized carbons (Fsp3) is 0.476. The van der Waals surface area contributed by atoms with Gasteiger partial charge in [-0.25, -0.2) is 0 Å². The molecule has 0 radical (unpaired) electrons. The number of phenols is 1. The number of aromatic nitrogens is 1. The molecule has 3 nitrogen and oxygen atoms in total. The van der Waals surface area contributed by atoms with Gasteiger partial charge in [-0.15, -0.1) is 0 Å². The topological polar surface area (TPSA) is 42.4 Å². The SMILES string of the molecule is CCCCCC(C)c1cc(O)c2c(c1)OC(C)(C)c1ccncc1-2. The molecule has 0 fully saturated rings. The molecule has 2 aromatic rings. The van der Waals surface area contributed by atoms with E-state index in [1.165, 1.54) is 19.3 Å². The van der Waals surface area contributed by atoms with Crippen molar-refractivity contribution in [1.82, 2.24) is 4.98 Å². The van der Waals surface area contributed by atoms with E-state index >= 15 is 0 Å². The number of ether oxygens (including phenoxy) is 1. The van der Waals surface area contributed by atoms with Crippen LogP contribution in [0.15, 0.2) is 30.6 Å². The van der Waals surface area contributed by atoms with E-state index in [4.69, 9.17) is 4.74 Å². The Morgan fingerprint density at radius 1 is 1.25 bits per heavy atom. The summed E-state index contributed by atoms with van der Waals surface area (Å²) >= 11 is 0. The molecule has 2 heterocycles. The highest BCUT2D eigenvalue weighted by Crippen LogP contribution is 2.49. The largest absolute Gasteiger partial charge is 0.507 e. The van der Waals surface area contributed by atoms with Gasteiger partial charge in [0.15, 0.2) is 0 Å². The molecule has 1 atom stereocenters. The molecule has 3 heteroatoms. The lowest BCUT2D eigenvalue weighted by atomic mass is 9.85. The van der Waals surface area contributed by atoms with Crippen molar-refractivity contribution in [3.8, 4) is 22.6 Å². The highest BCUT2D eigenvalue weighted by atomic mass is 16.5. The first kappa shape index (κ1) is 16.8. The fourth-order valence-corrected chi connectivity index (χ4v) is 3.57. The lowest BCUT2D eigenvalue weighted by molar-refractivity contribution is 0.105. The summed E-state index contributed by atoms with van der Waals surface area (Å²) < 4.78 is 6.26. The lowest BCUT2D eigenvalue weighted by Crippen LogP contribution is -2.29. The maximum absolute atomic E-state index is 10.7. The highest BCUT2D eigenvalue weighted by molar-refractivity contribution is 5.81. The number of rotatable bonds is 5. The molecule has 1 aromatic carbocycles. The second-order valence-electron chi connectivity index (χ2n) is 7.34. The predicted molar refractivity (Wildman–Crippen MR) is 97.5 cm³/mol. The standard InChI is InChI=1S/C21H27NO2/c1-5-6-7-8-14(2)15-11-18(23)20-16-13-22-10-9-17(16)21(3,4)24-19(20)12-15/h9-14,23H,5-8H2,1-4H3. The first-order valence-corrected chi connectivity index (χ1v) is 8.95. The van der Waals surface area contributed by atoms with E-state index in [-0.39, 0.29) is 5.75 Å². The zero-order chi connectivity index (χ0) is 17.3. The van der Waals surface area contributed by atoms with Gasteiger partial charge in [-0.1, -0.05) is 33.1 Å². The number of nitrogens with zero attached hydrogens (tertiary/aromatic N) is 1. The molecule has 3 rings (SSSR count). The van der Waals surface area contributed by atoms with E-state index in [1.54, 1.807) is 6.20 Å². The summed E-state index contributed by atoms with van der Waals surface area (Å²) in [6.07, 6.45) is 8.42. The van der Waals surface area contributed by atoms with Crippen molar-refractivity contribution in [3.63, 3.8) is 0 Å². The van der Waals surface area contributed by atoms with Crippen LogP contribution in [-0.2, 0) is 5.60 Å². The van der Waals surface area contributed by atoms with Gasteiger partial charge in [0.1, 0.15) is 17.1 Å². The van der Waals surface area contributed by atoms with E-state index in [2.05, 4.69) is 38.7 Å². The smallest absolute Gasteiger partial charge is 0.132 e. The number of hydrogen-bond donors (Lipinski definition) is 1. The third kappa shape index (κ3) is 3.00.